The number of nitrogens with zero attached hydrogens (tertiary/aromatic N) is 9. The highest BCUT2D eigenvalue weighted by Gasteiger charge is 2.27. The van der Waals surface area contributed by atoms with Gasteiger partial charge in [-0.3, -0.25) is 47.7 Å². The summed E-state index contributed by atoms with van der Waals surface area (Å²) in [6, 6.07) is 0. The van der Waals surface area contributed by atoms with Crippen LogP contribution in [0.25, 0.3) is 0 Å². The van der Waals surface area contributed by atoms with Gasteiger partial charge >= 0.3 is 35.0 Å². The molecule has 4 aromatic heterocycles. The number of carboxylic acid groups (broad SMARTS) is 2. The molecule has 0 spiro atoms. The summed E-state index contributed by atoms with van der Waals surface area (Å²) < 4.78 is 29.9. The topological polar surface area (TPSA) is 283 Å². The van der Waals surface area contributed by atoms with Crippen molar-refractivity contribution >= 4 is 154 Å². The summed E-state index contributed by atoms with van der Waals surface area (Å²) in [6.07, 6.45) is 26.2. The predicted molar refractivity (Wildman–Crippen MR) is 362 cm³/mol. The van der Waals surface area contributed by atoms with Crippen LogP contribution in [0.1, 0.15) is 169 Å². The van der Waals surface area contributed by atoms with Gasteiger partial charge in [-0.1, -0.05) is 73.9 Å². The molecule has 12 rings (SSSR count). The molecule has 32 heteroatoms. The number of fused-ring (bicyclic) bond motifs is 4. The number of aryl methyl sites for hydroxylation is 2. The molecule has 8 aliphatic rings. The van der Waals surface area contributed by atoms with Gasteiger partial charge in [0.1, 0.15) is 47.0 Å². The summed E-state index contributed by atoms with van der Waals surface area (Å²) in [6.45, 7) is 8.36. The fourth-order valence-corrected chi connectivity index (χ4v) is 13.0. The number of hydrogen-bond acceptors (Lipinski definition) is 15. The number of carboxylic acids is 2. The van der Waals surface area contributed by atoms with Crippen molar-refractivity contribution in [2.45, 2.75) is 201 Å². The highest BCUT2D eigenvalue weighted by Crippen LogP contribution is 2.61. The maximum absolute atomic E-state index is 11.4. The van der Waals surface area contributed by atoms with Crippen molar-refractivity contribution in [2.75, 3.05) is 38.2 Å². The Morgan fingerprint density at radius 1 is 0.500 bits per heavy atom. The van der Waals surface area contributed by atoms with Gasteiger partial charge in [0.2, 0.25) is 5.91 Å². The number of ether oxygens (including phenoxy) is 3. The first-order valence-corrected chi connectivity index (χ1v) is 38.3. The van der Waals surface area contributed by atoms with E-state index in [1.165, 1.54) is 58.2 Å². The number of amides is 1. The molecule has 0 saturated heterocycles. The summed E-state index contributed by atoms with van der Waals surface area (Å²) >= 11 is 46.8. The van der Waals surface area contributed by atoms with Crippen LogP contribution in [-0.2, 0) is 125 Å². The van der Waals surface area contributed by atoms with Gasteiger partial charge in [0.05, 0.1) is 37.8 Å². The van der Waals surface area contributed by atoms with E-state index in [0.29, 0.717) is 45.8 Å². The molecule has 0 bridgehead atoms. The van der Waals surface area contributed by atoms with E-state index in [-0.39, 0.29) is 50.0 Å². The van der Waals surface area contributed by atoms with E-state index in [9.17, 15) is 33.3 Å². The second-order valence-corrected chi connectivity index (χ2v) is 30.9. The number of alkyl halides is 1. The normalized spacial score (nSPS) is 16.3. The van der Waals surface area contributed by atoms with E-state index in [0.717, 1.165) is 191 Å². The van der Waals surface area contributed by atoms with Crippen molar-refractivity contribution in [1.29, 1.82) is 0 Å². The summed E-state index contributed by atoms with van der Waals surface area (Å²) in [5.41, 5.74) is 13.7. The molecular formula is C60H80BrCl8N10O12P. The molecule has 0 fully saturated rings. The molecule has 2 aliphatic heterocycles. The zero-order valence-corrected chi connectivity index (χ0v) is 60.4. The first-order chi connectivity index (χ1) is 43.9. The summed E-state index contributed by atoms with van der Waals surface area (Å²) in [4.78, 5) is 69.2. The third-order valence-electron chi connectivity index (χ3n) is 15.4. The molecule has 0 aromatic carbocycles. The van der Waals surface area contributed by atoms with Crippen molar-refractivity contribution in [1.82, 2.24) is 44.4 Å². The molecule has 510 valence electrons. The standard InChI is InChI=1S/2C11H15ClN2O2.2C9H11ClN2O2.C8H10ClN.C8H11NO.C4H7BrO2.Cl3OP/c1-2-16-10(15)7-14-9-6-4-3-5-8(9)11(12)13-14;1-2-16-10(15)7-14-11(12)8-5-3-4-6-9(8)13-14;10-9-6-3-1-2-4-7(6)12(11-9)5-8(13)14;10-9-6-3-1-2-4-7(6)11-12(9)5-8(13)14;9-8-7-4-2-1-3-6(7)5-10-8;10-8-7-4-2-1-3-6(7)5-9-8;1-2-7-4(6)3-5;1-5(2,3)4/h2*2-7H2,1H3;2*1-5H2,(H,13,14);1-5H2;1-5H2,(H,9,10);2-3H2,1H3;. The molecular weight excluding hydrogens is 1450 g/mol. The largest absolute Gasteiger partial charge is 0.480 e. The molecule has 1 amide bonds. The van der Waals surface area contributed by atoms with Crippen LogP contribution in [0.15, 0.2) is 27.3 Å². The molecule has 6 heterocycles. The van der Waals surface area contributed by atoms with E-state index in [1.54, 1.807) is 30.1 Å². The molecule has 0 radical (unpaired) electrons. The van der Waals surface area contributed by atoms with Gasteiger partial charge in [-0.2, -0.15) is 20.4 Å². The molecule has 92 heavy (non-hydrogen) atoms. The fraction of sp³-hybridized carbons (Fsp3) is 0.617. The van der Waals surface area contributed by atoms with Crippen molar-refractivity contribution in [2.24, 2.45) is 4.99 Å². The minimum absolute atomic E-state index is 0.0882. The van der Waals surface area contributed by atoms with Crippen LogP contribution in [0.5, 0.6) is 0 Å². The lowest BCUT2D eigenvalue weighted by molar-refractivity contribution is -0.145. The highest BCUT2D eigenvalue weighted by molar-refractivity contribution is 9.09. The quantitative estimate of drug-likeness (QED) is 0.0514. The number of carbonyl (C=O) groups excluding carboxylic acids is 4. The van der Waals surface area contributed by atoms with Gasteiger partial charge in [0.15, 0.2) is 10.3 Å². The second-order valence-electron chi connectivity index (χ2n) is 21.9. The summed E-state index contributed by atoms with van der Waals surface area (Å²) in [5, 5.41) is 36.9. The Kier molecular flexibility index (Phi) is 34.5. The van der Waals surface area contributed by atoms with Gasteiger partial charge in [0, 0.05) is 45.8 Å². The van der Waals surface area contributed by atoms with Crippen LogP contribution >= 0.6 is 113 Å². The van der Waals surface area contributed by atoms with E-state index in [1.807, 2.05) is 0 Å². The number of halogens is 9. The number of allylic oxidation sites excluding steroid dienone is 1. The van der Waals surface area contributed by atoms with Gasteiger partial charge < -0.3 is 29.7 Å². The van der Waals surface area contributed by atoms with E-state index >= 15 is 0 Å². The van der Waals surface area contributed by atoms with Gasteiger partial charge in [-0.05, 0) is 225 Å². The molecule has 3 N–H and O–H groups in total. The Hall–Kier alpha value is -4.16. The number of carbonyl (C=O) groups is 6. The Morgan fingerprint density at radius 2 is 0.870 bits per heavy atom. The zero-order chi connectivity index (χ0) is 67.5. The molecule has 6 aliphatic carbocycles. The number of nitrogens with one attached hydrogen (secondary N) is 1. The lowest BCUT2D eigenvalue weighted by Gasteiger charge is -2.13. The lowest BCUT2D eigenvalue weighted by atomic mass is 9.94. The number of aliphatic imine (C=N–C) groups is 1. The maximum Gasteiger partial charge on any atom is 0.339 e. The molecule has 0 unspecified atom stereocenters. The van der Waals surface area contributed by atoms with Gasteiger partial charge in [-0.15, -0.1) is 0 Å². The number of rotatable bonds is 12. The minimum atomic E-state index is -3.22. The van der Waals surface area contributed by atoms with Crippen molar-refractivity contribution in [3.8, 4) is 0 Å². The van der Waals surface area contributed by atoms with Gasteiger partial charge in [0.25, 0.3) is 0 Å². The monoisotopic (exact) mass is 1520 g/mol. The van der Waals surface area contributed by atoms with E-state index in [4.69, 9.17) is 77.7 Å². The van der Waals surface area contributed by atoms with Crippen molar-refractivity contribution in [3.63, 3.8) is 0 Å². The zero-order valence-electron chi connectivity index (χ0n) is 51.9. The molecule has 4 aromatic rings. The molecule has 0 atom stereocenters. The van der Waals surface area contributed by atoms with Crippen molar-refractivity contribution < 1.29 is 57.8 Å². The maximum atomic E-state index is 11.4. The summed E-state index contributed by atoms with van der Waals surface area (Å²) in [5.74, 6) is -2.35. The smallest absolute Gasteiger partial charge is 0.339 e. The van der Waals surface area contributed by atoms with Crippen LogP contribution in [0.3, 0.4) is 0 Å². The Morgan fingerprint density at radius 3 is 1.29 bits per heavy atom. The predicted octanol–water partition coefficient (Wildman–Crippen LogP) is 14.2. The Labute approximate surface area is 583 Å². The summed E-state index contributed by atoms with van der Waals surface area (Å²) in [7, 11) is 0. The van der Waals surface area contributed by atoms with Crippen LogP contribution < -0.4 is 5.32 Å². The van der Waals surface area contributed by atoms with Crippen molar-refractivity contribution in [3.05, 3.63) is 87.9 Å². The Bertz CT molecular complexity index is 3330. The number of aromatic nitrogens is 8. The fourth-order valence-electron chi connectivity index (χ4n) is 11.3. The highest BCUT2D eigenvalue weighted by atomic mass is 79.9. The SMILES string of the molecule is CCOC(=O)CBr.CCOC(=O)Cn1nc(Cl)c2c1CCCC2.CCOC(=O)Cn1nc2c(c1Cl)CCCC2.ClC1=NCC2=C1CCCC2.O=C(O)Cn1nc(Cl)c2c1CCCC2.O=C(O)Cn1nc2c(c1Cl)CCCC2.O=C1NCC2=C1CCCC2.O=P(Cl)(Cl)Cl. The van der Waals surface area contributed by atoms with Crippen LogP contribution in [0, 0.1) is 0 Å². The molecule has 0 saturated carbocycles. The van der Waals surface area contributed by atoms with Gasteiger partial charge in [-0.25, -0.2) is 9.36 Å². The first-order valence-electron chi connectivity index (χ1n) is 30.9. The van der Waals surface area contributed by atoms with Crippen LogP contribution in [0.2, 0.25) is 20.6 Å². The third kappa shape index (κ3) is 25.8. The van der Waals surface area contributed by atoms with E-state index < -0.39 is 17.1 Å². The Balaban J connectivity index is 0.000000195. The number of esters is 3. The molecule has 22 nitrogen and oxygen atoms in total. The van der Waals surface area contributed by atoms with Crippen LogP contribution in [-0.4, -0.2) is 128 Å². The third-order valence-corrected chi connectivity index (χ3v) is 17.7. The first kappa shape index (κ1) is 78.5. The second kappa shape index (κ2) is 40.4. The number of hydrogen-bond donors (Lipinski definition) is 3. The van der Waals surface area contributed by atoms with E-state index in [2.05, 4.69) is 85.1 Å². The number of aliphatic carboxylic acids is 2. The minimum Gasteiger partial charge on any atom is -0.480 e. The average Bonchev–Trinajstić information content (AvgIpc) is 1.85. The van der Waals surface area contributed by atoms with Crippen LogP contribution in [0.4, 0.5) is 0 Å². The average molecular weight is 1530 g/mol. The lowest BCUT2D eigenvalue weighted by Crippen LogP contribution is -2.17.